The number of amides is 2. The monoisotopic (exact) mass is 348 g/mol. The first kappa shape index (κ1) is 19.3. The van der Waals surface area contributed by atoms with Gasteiger partial charge in [-0.1, -0.05) is 0 Å². The van der Waals surface area contributed by atoms with Crippen LogP contribution in [-0.4, -0.2) is 52.0 Å². The Labute approximate surface area is 134 Å². The second-order valence-corrected chi connectivity index (χ2v) is 4.88. The highest BCUT2D eigenvalue weighted by atomic mass is 19.2. The Bertz CT molecular complexity index is 681. The number of benzene rings is 1. The van der Waals surface area contributed by atoms with Crippen LogP contribution in [0.3, 0.4) is 0 Å². The SMILES string of the molecule is CC(=O)NCCN(C(=O)c1cc(F)c(F)c(O)c1F)C(C)C(=O)O. The maximum absolute atomic E-state index is 13.8. The number of carbonyl (C=O) groups excluding carboxylic acids is 2. The van der Waals surface area contributed by atoms with Crippen LogP contribution in [0.25, 0.3) is 0 Å². The lowest BCUT2D eigenvalue weighted by atomic mass is 10.1. The second kappa shape index (κ2) is 7.66. The zero-order valence-corrected chi connectivity index (χ0v) is 12.8. The topological polar surface area (TPSA) is 107 Å². The summed E-state index contributed by atoms with van der Waals surface area (Å²) in [5, 5.41) is 20.5. The third-order valence-corrected chi connectivity index (χ3v) is 3.18. The lowest BCUT2D eigenvalue weighted by Gasteiger charge is -2.27. The Kier molecular flexibility index (Phi) is 6.15. The van der Waals surface area contributed by atoms with E-state index in [1.807, 2.05) is 0 Å². The molecule has 0 spiro atoms. The predicted octanol–water partition coefficient (Wildman–Crippen LogP) is 0.861. The lowest BCUT2D eigenvalue weighted by molar-refractivity contribution is -0.141. The van der Waals surface area contributed by atoms with Gasteiger partial charge in [0.15, 0.2) is 17.4 Å². The molecule has 0 aliphatic heterocycles. The van der Waals surface area contributed by atoms with E-state index in [1.165, 1.54) is 6.92 Å². The van der Waals surface area contributed by atoms with Crippen molar-refractivity contribution in [2.24, 2.45) is 0 Å². The molecule has 1 atom stereocenters. The minimum atomic E-state index is -1.86. The number of carboxylic acids is 1. The van der Waals surface area contributed by atoms with Crippen molar-refractivity contribution in [3.05, 3.63) is 29.1 Å². The number of nitrogens with zero attached hydrogens (tertiary/aromatic N) is 1. The van der Waals surface area contributed by atoms with Gasteiger partial charge < -0.3 is 20.4 Å². The van der Waals surface area contributed by atoms with Crippen LogP contribution < -0.4 is 5.32 Å². The number of halogens is 3. The van der Waals surface area contributed by atoms with Crippen molar-refractivity contribution in [2.75, 3.05) is 13.1 Å². The maximum atomic E-state index is 13.8. The van der Waals surface area contributed by atoms with Gasteiger partial charge in [-0.3, -0.25) is 9.59 Å². The number of carbonyl (C=O) groups is 3. The van der Waals surface area contributed by atoms with Crippen molar-refractivity contribution >= 4 is 17.8 Å². The maximum Gasteiger partial charge on any atom is 0.326 e. The molecule has 0 saturated carbocycles. The zero-order valence-electron chi connectivity index (χ0n) is 12.8. The van der Waals surface area contributed by atoms with Gasteiger partial charge in [0.1, 0.15) is 6.04 Å². The summed E-state index contributed by atoms with van der Waals surface area (Å²) >= 11 is 0. The quantitative estimate of drug-likeness (QED) is 0.661. The van der Waals surface area contributed by atoms with E-state index < -0.39 is 52.6 Å². The first-order valence-electron chi connectivity index (χ1n) is 6.72. The van der Waals surface area contributed by atoms with Crippen LogP contribution in [0.1, 0.15) is 24.2 Å². The average Bonchev–Trinajstić information content (AvgIpc) is 2.51. The molecule has 3 N–H and O–H groups in total. The summed E-state index contributed by atoms with van der Waals surface area (Å²) in [5.41, 5.74) is -1.03. The summed E-state index contributed by atoms with van der Waals surface area (Å²) in [5.74, 6) is -10.1. The molecular formula is C14H15F3N2O5. The van der Waals surface area contributed by atoms with Gasteiger partial charge in [-0.25, -0.2) is 13.6 Å². The average molecular weight is 348 g/mol. The standard InChI is InChI=1S/C14H15F3N2O5/c1-6(14(23)24)19(4-3-18-7(2)20)13(22)8-5-9(15)11(17)12(21)10(8)16/h5-6,21H,3-4H2,1-2H3,(H,18,20)(H,23,24). The van der Waals surface area contributed by atoms with Gasteiger partial charge in [0.05, 0.1) is 5.56 Å². The van der Waals surface area contributed by atoms with Gasteiger partial charge in [-0.05, 0) is 13.0 Å². The number of phenols is 1. The van der Waals surface area contributed by atoms with Gasteiger partial charge in [-0.2, -0.15) is 4.39 Å². The number of carboxylic acid groups (broad SMARTS) is 1. The van der Waals surface area contributed by atoms with E-state index in [4.69, 9.17) is 10.2 Å². The van der Waals surface area contributed by atoms with E-state index in [1.54, 1.807) is 0 Å². The molecule has 24 heavy (non-hydrogen) atoms. The Morgan fingerprint density at radius 1 is 1.25 bits per heavy atom. The van der Waals surface area contributed by atoms with E-state index in [9.17, 15) is 27.6 Å². The molecule has 1 aromatic carbocycles. The largest absolute Gasteiger partial charge is 0.503 e. The fraction of sp³-hybridized carbons (Fsp3) is 0.357. The molecule has 2 amide bonds. The van der Waals surface area contributed by atoms with Gasteiger partial charge in [0.2, 0.25) is 11.7 Å². The summed E-state index contributed by atoms with van der Waals surface area (Å²) in [6, 6.07) is -1.21. The van der Waals surface area contributed by atoms with Crippen molar-refractivity contribution < 1.29 is 37.8 Å². The molecular weight excluding hydrogens is 333 g/mol. The molecule has 0 aliphatic carbocycles. The molecule has 7 nitrogen and oxygen atoms in total. The molecule has 0 fully saturated rings. The minimum Gasteiger partial charge on any atom is -0.503 e. The summed E-state index contributed by atoms with van der Waals surface area (Å²) in [6.45, 7) is 1.84. The van der Waals surface area contributed by atoms with Gasteiger partial charge >= 0.3 is 5.97 Å². The molecule has 0 radical (unpaired) electrons. The van der Waals surface area contributed by atoms with Crippen LogP contribution in [-0.2, 0) is 9.59 Å². The second-order valence-electron chi connectivity index (χ2n) is 4.88. The fourth-order valence-electron chi connectivity index (χ4n) is 1.86. The van der Waals surface area contributed by atoms with Crippen LogP contribution in [0.2, 0.25) is 0 Å². The van der Waals surface area contributed by atoms with Crippen molar-refractivity contribution in [3.63, 3.8) is 0 Å². The van der Waals surface area contributed by atoms with Crippen molar-refractivity contribution in [2.45, 2.75) is 19.9 Å². The van der Waals surface area contributed by atoms with Crippen molar-refractivity contribution in [1.29, 1.82) is 0 Å². The summed E-state index contributed by atoms with van der Waals surface area (Å²) in [6.07, 6.45) is 0. The first-order chi connectivity index (χ1) is 11.1. The van der Waals surface area contributed by atoms with Crippen LogP contribution in [0.15, 0.2) is 6.07 Å². The third kappa shape index (κ3) is 4.15. The number of hydrogen-bond acceptors (Lipinski definition) is 4. The van der Waals surface area contributed by atoms with Crippen molar-refractivity contribution in [3.8, 4) is 5.75 Å². The number of rotatable bonds is 6. The van der Waals surface area contributed by atoms with Crippen LogP contribution >= 0.6 is 0 Å². The smallest absolute Gasteiger partial charge is 0.326 e. The highest BCUT2D eigenvalue weighted by Crippen LogP contribution is 2.27. The summed E-state index contributed by atoms with van der Waals surface area (Å²) < 4.78 is 40.2. The molecule has 0 heterocycles. The molecule has 0 aliphatic rings. The molecule has 0 saturated heterocycles. The third-order valence-electron chi connectivity index (χ3n) is 3.18. The number of hydrogen-bond donors (Lipinski definition) is 3. The first-order valence-corrected chi connectivity index (χ1v) is 6.72. The molecule has 0 bridgehead atoms. The van der Waals surface area contributed by atoms with Gasteiger partial charge in [0.25, 0.3) is 5.91 Å². The summed E-state index contributed by atoms with van der Waals surface area (Å²) in [7, 11) is 0. The number of aliphatic carboxylic acids is 1. The van der Waals surface area contributed by atoms with Crippen LogP contribution in [0, 0.1) is 17.5 Å². The molecule has 1 rings (SSSR count). The van der Waals surface area contributed by atoms with Crippen LogP contribution in [0.5, 0.6) is 5.75 Å². The van der Waals surface area contributed by atoms with Crippen LogP contribution in [0.4, 0.5) is 13.2 Å². The normalized spacial score (nSPS) is 11.7. The lowest BCUT2D eigenvalue weighted by Crippen LogP contribution is -2.47. The Morgan fingerprint density at radius 3 is 2.33 bits per heavy atom. The fourth-order valence-corrected chi connectivity index (χ4v) is 1.86. The molecule has 132 valence electrons. The molecule has 10 heteroatoms. The van der Waals surface area contributed by atoms with E-state index >= 15 is 0 Å². The number of phenolic OH excluding ortho intramolecular Hbond substituents is 1. The van der Waals surface area contributed by atoms with E-state index in [0.29, 0.717) is 4.90 Å². The van der Waals surface area contributed by atoms with Gasteiger partial charge in [-0.15, -0.1) is 0 Å². The van der Waals surface area contributed by atoms with E-state index in [-0.39, 0.29) is 19.2 Å². The molecule has 1 aromatic rings. The van der Waals surface area contributed by atoms with Crippen molar-refractivity contribution in [1.82, 2.24) is 10.2 Å². The molecule has 1 unspecified atom stereocenters. The number of nitrogens with one attached hydrogen (secondary N) is 1. The number of aromatic hydroxyl groups is 1. The Morgan fingerprint density at radius 2 is 1.83 bits per heavy atom. The highest BCUT2D eigenvalue weighted by Gasteiger charge is 2.30. The zero-order chi connectivity index (χ0) is 18.6. The Hall–Kier alpha value is -2.78. The Balaban J connectivity index is 3.20. The van der Waals surface area contributed by atoms with E-state index in [0.717, 1.165) is 6.92 Å². The summed E-state index contributed by atoms with van der Waals surface area (Å²) in [4.78, 5) is 34.9. The minimum absolute atomic E-state index is 0.143. The van der Waals surface area contributed by atoms with Gasteiger partial charge in [0, 0.05) is 20.0 Å². The molecule has 0 aromatic heterocycles. The highest BCUT2D eigenvalue weighted by molar-refractivity contribution is 5.97. The van der Waals surface area contributed by atoms with E-state index in [2.05, 4.69) is 5.32 Å². The predicted molar refractivity (Wildman–Crippen MR) is 74.8 cm³/mol.